The van der Waals surface area contributed by atoms with Crippen LogP contribution in [0.5, 0.6) is 0 Å². The summed E-state index contributed by atoms with van der Waals surface area (Å²) in [6, 6.07) is 25.3. The third-order valence-electron chi connectivity index (χ3n) is 6.80. The quantitative estimate of drug-likeness (QED) is 0.185. The number of nitrogens with one attached hydrogen (secondary N) is 1. The van der Waals surface area contributed by atoms with Gasteiger partial charge in [0.1, 0.15) is 12.7 Å². The van der Waals surface area contributed by atoms with Crippen LogP contribution in [-0.4, -0.2) is 51.9 Å². The van der Waals surface area contributed by atoms with Gasteiger partial charge in [-0.3, -0.25) is 14.3 Å². The number of aromatic nitrogens is 2. The van der Waals surface area contributed by atoms with Crippen molar-refractivity contribution < 1.29 is 33.3 Å². The molecule has 1 aliphatic rings. The van der Waals surface area contributed by atoms with Crippen molar-refractivity contribution in [1.29, 1.82) is 0 Å². The Morgan fingerprint density at radius 2 is 1.36 bits per heavy atom. The topological polar surface area (TPSA) is 143 Å². The van der Waals surface area contributed by atoms with Gasteiger partial charge in [-0.1, -0.05) is 54.6 Å². The Morgan fingerprint density at radius 3 is 1.91 bits per heavy atom. The molecule has 2 heterocycles. The van der Waals surface area contributed by atoms with Crippen molar-refractivity contribution in [2.45, 2.75) is 31.0 Å². The van der Waals surface area contributed by atoms with Crippen molar-refractivity contribution in [3.05, 3.63) is 141 Å². The number of ether oxygens (including phenoxy) is 4. The molecule has 11 heteroatoms. The molecule has 1 fully saturated rings. The van der Waals surface area contributed by atoms with Crippen LogP contribution in [-0.2, 0) is 18.9 Å². The van der Waals surface area contributed by atoms with Crippen LogP contribution >= 0.6 is 0 Å². The van der Waals surface area contributed by atoms with Gasteiger partial charge in [0.2, 0.25) is 11.7 Å². The third-order valence-corrected chi connectivity index (χ3v) is 6.80. The van der Waals surface area contributed by atoms with Gasteiger partial charge in [-0.05, 0) is 49.2 Å². The largest absolute Gasteiger partial charge is 0.459 e. The van der Waals surface area contributed by atoms with Crippen LogP contribution in [0, 0.1) is 11.8 Å². The maximum Gasteiger partial charge on any atom is 0.339 e. The van der Waals surface area contributed by atoms with Gasteiger partial charge < -0.3 is 18.9 Å². The molecule has 0 saturated carbocycles. The van der Waals surface area contributed by atoms with Crippen molar-refractivity contribution in [1.82, 2.24) is 9.55 Å². The van der Waals surface area contributed by atoms with Crippen LogP contribution in [0.4, 0.5) is 0 Å². The van der Waals surface area contributed by atoms with Crippen molar-refractivity contribution in [3.63, 3.8) is 0 Å². The zero-order chi connectivity index (χ0) is 31.1. The first-order chi connectivity index (χ1) is 21.3. The predicted molar refractivity (Wildman–Crippen MR) is 156 cm³/mol. The molecule has 5 rings (SSSR count). The molecule has 1 saturated heterocycles. The summed E-state index contributed by atoms with van der Waals surface area (Å²) in [5, 5.41) is 0. The number of carbonyl (C=O) groups is 3. The Hall–Kier alpha value is -5.73. The summed E-state index contributed by atoms with van der Waals surface area (Å²) in [5.74, 6) is 3.17. The number of carbonyl (C=O) groups excluding carboxylic acids is 3. The smallest absolute Gasteiger partial charge is 0.339 e. The number of benzene rings is 3. The fourth-order valence-corrected chi connectivity index (χ4v) is 4.73. The average molecular weight is 595 g/mol. The number of rotatable bonds is 8. The monoisotopic (exact) mass is 594 g/mol. The fraction of sp³-hybridized carbons (Fsp3) is 0.182. The SMILES string of the molecule is CC#C[C@@]1(OC(=O)c2ccccc2)[C@@H](COC(=O)c2ccccc2)O[C@@H](n2ccc(=O)[nH]c2=O)[C@@H]1OC(=O)c1ccccc1. The normalized spacial score (nSPS) is 20.5. The molecule has 1 N–H and O–H groups in total. The second-order valence-electron chi connectivity index (χ2n) is 9.61. The minimum Gasteiger partial charge on any atom is -0.459 e. The minimum absolute atomic E-state index is 0.155. The summed E-state index contributed by atoms with van der Waals surface area (Å²) in [5.41, 5.74) is -3.10. The van der Waals surface area contributed by atoms with Gasteiger partial charge in [-0.25, -0.2) is 19.2 Å². The van der Waals surface area contributed by atoms with E-state index in [0.717, 1.165) is 16.8 Å². The molecular formula is C33H26N2O9. The summed E-state index contributed by atoms with van der Waals surface area (Å²) in [7, 11) is 0. The van der Waals surface area contributed by atoms with Gasteiger partial charge in [-0.15, -0.1) is 5.92 Å². The summed E-state index contributed by atoms with van der Waals surface area (Å²) in [4.78, 5) is 66.8. The average Bonchev–Trinajstić information content (AvgIpc) is 3.32. The highest BCUT2D eigenvalue weighted by Gasteiger charge is 2.63. The first-order valence-corrected chi connectivity index (χ1v) is 13.5. The van der Waals surface area contributed by atoms with Gasteiger partial charge in [0.15, 0.2) is 6.23 Å². The molecule has 44 heavy (non-hydrogen) atoms. The number of H-pyrrole nitrogens is 1. The Morgan fingerprint density at radius 1 is 0.818 bits per heavy atom. The van der Waals surface area contributed by atoms with Crippen molar-refractivity contribution in [2.75, 3.05) is 6.61 Å². The van der Waals surface area contributed by atoms with E-state index < -0.39 is 59.8 Å². The van der Waals surface area contributed by atoms with E-state index in [4.69, 9.17) is 18.9 Å². The van der Waals surface area contributed by atoms with Crippen LogP contribution < -0.4 is 11.2 Å². The third kappa shape index (κ3) is 6.21. The zero-order valence-corrected chi connectivity index (χ0v) is 23.4. The Kier molecular flexibility index (Phi) is 8.83. The second kappa shape index (κ2) is 13.1. The van der Waals surface area contributed by atoms with Gasteiger partial charge in [-0.2, -0.15) is 0 Å². The molecule has 3 aromatic carbocycles. The molecule has 1 aliphatic heterocycles. The van der Waals surface area contributed by atoms with Crippen molar-refractivity contribution in [3.8, 4) is 11.8 Å². The lowest BCUT2D eigenvalue weighted by Gasteiger charge is -2.33. The highest BCUT2D eigenvalue weighted by atomic mass is 16.7. The number of hydrogen-bond donors (Lipinski definition) is 1. The van der Waals surface area contributed by atoms with E-state index in [1.807, 2.05) is 0 Å². The lowest BCUT2D eigenvalue weighted by atomic mass is 9.91. The summed E-state index contributed by atoms with van der Waals surface area (Å²) < 4.78 is 24.7. The number of aromatic amines is 1. The van der Waals surface area contributed by atoms with Crippen LogP contribution in [0.1, 0.15) is 44.2 Å². The summed E-state index contributed by atoms with van der Waals surface area (Å²) in [6.07, 6.45) is -3.28. The van der Waals surface area contributed by atoms with E-state index >= 15 is 0 Å². The van der Waals surface area contributed by atoms with Crippen LogP contribution in [0.3, 0.4) is 0 Å². The molecule has 1 aromatic heterocycles. The maximum atomic E-state index is 13.5. The van der Waals surface area contributed by atoms with Crippen molar-refractivity contribution in [2.24, 2.45) is 0 Å². The van der Waals surface area contributed by atoms with Crippen molar-refractivity contribution >= 4 is 17.9 Å². The van der Waals surface area contributed by atoms with E-state index in [9.17, 15) is 24.0 Å². The highest BCUT2D eigenvalue weighted by molar-refractivity contribution is 5.91. The molecular weight excluding hydrogens is 568 g/mol. The molecule has 0 amide bonds. The van der Waals surface area contributed by atoms with E-state index in [1.54, 1.807) is 66.7 Å². The van der Waals surface area contributed by atoms with E-state index in [1.165, 1.54) is 31.2 Å². The molecule has 11 nitrogen and oxygen atoms in total. The molecule has 0 radical (unpaired) electrons. The molecule has 222 valence electrons. The number of hydrogen-bond acceptors (Lipinski definition) is 9. The zero-order valence-electron chi connectivity index (χ0n) is 23.4. The first kappa shape index (κ1) is 29.8. The number of esters is 3. The Bertz CT molecular complexity index is 1830. The molecule has 0 unspecified atom stereocenters. The summed E-state index contributed by atoms with van der Waals surface area (Å²) in [6.45, 7) is 0.958. The summed E-state index contributed by atoms with van der Waals surface area (Å²) >= 11 is 0. The van der Waals surface area contributed by atoms with Gasteiger partial charge >= 0.3 is 23.6 Å². The molecule has 0 spiro atoms. The fourth-order valence-electron chi connectivity index (χ4n) is 4.73. The van der Waals surface area contributed by atoms with Gasteiger partial charge in [0.25, 0.3) is 5.56 Å². The van der Waals surface area contributed by atoms with Crippen LogP contribution in [0.2, 0.25) is 0 Å². The predicted octanol–water partition coefficient (Wildman–Crippen LogP) is 3.14. The molecule has 4 aromatic rings. The lowest BCUT2D eigenvalue weighted by molar-refractivity contribution is -0.0784. The standard InChI is InChI=1S/C33H26N2O9/c1-2-19-33(44-31(39)24-16-10-5-11-17-24)25(21-41-29(37)22-12-6-3-7-13-22)42-28(35-20-18-26(36)34-32(35)40)27(33)43-30(38)23-14-8-4-9-15-23/h3-18,20,25,27-28H,21H2,1H3,(H,34,36,40)/t25-,27+,28-,33-/m1/s1. The van der Waals surface area contributed by atoms with Gasteiger partial charge in [0, 0.05) is 12.3 Å². The molecule has 4 atom stereocenters. The Labute approximate surface area is 251 Å². The maximum absolute atomic E-state index is 13.5. The highest BCUT2D eigenvalue weighted by Crippen LogP contribution is 2.42. The van der Waals surface area contributed by atoms with Crippen LogP contribution in [0.15, 0.2) is 113 Å². The van der Waals surface area contributed by atoms with Crippen LogP contribution in [0.25, 0.3) is 0 Å². The van der Waals surface area contributed by atoms with Gasteiger partial charge in [0.05, 0.1) is 16.7 Å². The number of nitrogens with zero attached hydrogens (tertiary/aromatic N) is 1. The lowest BCUT2D eigenvalue weighted by Crippen LogP contribution is -2.54. The molecule has 0 bridgehead atoms. The second-order valence-corrected chi connectivity index (χ2v) is 9.61. The van der Waals surface area contributed by atoms with E-state index in [0.29, 0.717) is 0 Å². The first-order valence-electron chi connectivity index (χ1n) is 13.5. The minimum atomic E-state index is -2.09. The Balaban J connectivity index is 1.62. The van der Waals surface area contributed by atoms with E-state index in [2.05, 4.69) is 16.8 Å². The van der Waals surface area contributed by atoms with E-state index in [-0.39, 0.29) is 16.7 Å². The molecule has 0 aliphatic carbocycles.